The van der Waals surface area contributed by atoms with Gasteiger partial charge in [-0.15, -0.1) is 0 Å². The van der Waals surface area contributed by atoms with E-state index >= 15 is 0 Å². The summed E-state index contributed by atoms with van der Waals surface area (Å²) < 4.78 is 11.2. The molecule has 2 aromatic heterocycles. The van der Waals surface area contributed by atoms with E-state index in [1.807, 2.05) is 18.2 Å². The minimum atomic E-state index is 0.264. The summed E-state index contributed by atoms with van der Waals surface area (Å²) >= 11 is 0. The maximum absolute atomic E-state index is 5.66. The van der Waals surface area contributed by atoms with Crippen molar-refractivity contribution in [1.82, 2.24) is 10.2 Å². The summed E-state index contributed by atoms with van der Waals surface area (Å²) in [5.74, 6) is 2.07. The lowest BCUT2D eigenvalue weighted by Crippen LogP contribution is -2.35. The summed E-state index contributed by atoms with van der Waals surface area (Å²) in [4.78, 5) is 2.51. The largest absolute Gasteiger partial charge is 0.468 e. The van der Waals surface area contributed by atoms with Gasteiger partial charge in [-0.25, -0.2) is 0 Å². The molecule has 1 aliphatic rings. The van der Waals surface area contributed by atoms with Crippen LogP contribution in [0.4, 0.5) is 0 Å². The molecule has 1 aliphatic heterocycles. The van der Waals surface area contributed by atoms with Gasteiger partial charge in [0.25, 0.3) is 0 Å². The molecule has 3 rings (SSSR count). The number of hydrogen-bond donors (Lipinski definition) is 1. The lowest BCUT2D eigenvalue weighted by atomic mass is 10.1. The van der Waals surface area contributed by atoms with Crippen molar-refractivity contribution in [3.05, 3.63) is 48.3 Å². The molecule has 1 fully saturated rings. The van der Waals surface area contributed by atoms with Crippen LogP contribution in [0, 0.1) is 0 Å². The Balaban J connectivity index is 1.66. The monoisotopic (exact) mass is 288 g/mol. The van der Waals surface area contributed by atoms with Crippen LogP contribution in [-0.2, 0) is 0 Å². The van der Waals surface area contributed by atoms with Crippen LogP contribution in [0.1, 0.15) is 49.8 Å². The van der Waals surface area contributed by atoms with E-state index in [0.717, 1.165) is 37.6 Å². The standard InChI is InChI=1S/C17H24N2O2/c1-2-14(16-7-5-11-20-16)18-13-15(17-8-6-12-21-17)19-9-3-4-10-19/h5-8,11-12,14-15,18H,2-4,9-10,13H2,1H3. The summed E-state index contributed by atoms with van der Waals surface area (Å²) in [5.41, 5.74) is 0. The van der Waals surface area contributed by atoms with Crippen molar-refractivity contribution in [3.8, 4) is 0 Å². The molecule has 0 aliphatic carbocycles. The first-order valence-electron chi connectivity index (χ1n) is 7.92. The van der Waals surface area contributed by atoms with Crippen LogP contribution in [0.25, 0.3) is 0 Å². The van der Waals surface area contributed by atoms with Crippen LogP contribution in [0.2, 0.25) is 0 Å². The zero-order valence-electron chi connectivity index (χ0n) is 12.6. The van der Waals surface area contributed by atoms with E-state index in [1.165, 1.54) is 12.8 Å². The first-order chi connectivity index (χ1) is 10.4. The second-order valence-electron chi connectivity index (χ2n) is 5.66. The summed E-state index contributed by atoms with van der Waals surface area (Å²) in [7, 11) is 0. The lowest BCUT2D eigenvalue weighted by Gasteiger charge is -2.27. The minimum Gasteiger partial charge on any atom is -0.468 e. The summed E-state index contributed by atoms with van der Waals surface area (Å²) in [6.45, 7) is 5.37. The highest BCUT2D eigenvalue weighted by Gasteiger charge is 2.26. The SMILES string of the molecule is CCC(NCC(c1ccco1)N1CCCC1)c1ccco1. The van der Waals surface area contributed by atoms with E-state index in [4.69, 9.17) is 8.83 Å². The third-order valence-corrected chi connectivity index (χ3v) is 4.31. The maximum Gasteiger partial charge on any atom is 0.122 e. The number of nitrogens with zero attached hydrogens (tertiary/aromatic N) is 1. The topological polar surface area (TPSA) is 41.6 Å². The fourth-order valence-corrected chi connectivity index (χ4v) is 3.13. The Morgan fingerprint density at radius 2 is 1.76 bits per heavy atom. The summed E-state index contributed by atoms with van der Waals surface area (Å²) in [6, 6.07) is 8.62. The number of hydrogen-bond acceptors (Lipinski definition) is 4. The molecule has 0 bridgehead atoms. The smallest absolute Gasteiger partial charge is 0.122 e. The van der Waals surface area contributed by atoms with E-state index in [0.29, 0.717) is 6.04 Å². The molecule has 4 nitrogen and oxygen atoms in total. The Hall–Kier alpha value is -1.52. The number of furan rings is 2. The van der Waals surface area contributed by atoms with Crippen molar-refractivity contribution in [2.75, 3.05) is 19.6 Å². The Kier molecular flexibility index (Phi) is 4.78. The minimum absolute atomic E-state index is 0.264. The average Bonchev–Trinajstić information content (AvgIpc) is 3.26. The van der Waals surface area contributed by atoms with Gasteiger partial charge in [-0.05, 0) is 56.6 Å². The maximum atomic E-state index is 5.66. The molecule has 0 radical (unpaired) electrons. The normalized spacial score (nSPS) is 18.9. The van der Waals surface area contributed by atoms with Gasteiger partial charge in [0, 0.05) is 6.54 Å². The number of likely N-dealkylation sites (tertiary alicyclic amines) is 1. The van der Waals surface area contributed by atoms with E-state index in [-0.39, 0.29) is 6.04 Å². The molecule has 1 saturated heterocycles. The predicted octanol–water partition coefficient (Wildman–Crippen LogP) is 3.75. The number of rotatable bonds is 7. The van der Waals surface area contributed by atoms with Crippen molar-refractivity contribution in [1.29, 1.82) is 0 Å². The molecule has 2 atom stereocenters. The highest BCUT2D eigenvalue weighted by Crippen LogP contribution is 2.26. The fraction of sp³-hybridized carbons (Fsp3) is 0.529. The van der Waals surface area contributed by atoms with Crippen LogP contribution >= 0.6 is 0 Å². The van der Waals surface area contributed by atoms with Gasteiger partial charge in [-0.3, -0.25) is 4.90 Å². The summed E-state index contributed by atoms with van der Waals surface area (Å²) in [6.07, 6.45) is 7.09. The van der Waals surface area contributed by atoms with Gasteiger partial charge in [0.15, 0.2) is 0 Å². The predicted molar refractivity (Wildman–Crippen MR) is 82.0 cm³/mol. The van der Waals surface area contributed by atoms with Gasteiger partial charge in [0.05, 0.1) is 24.6 Å². The highest BCUT2D eigenvalue weighted by molar-refractivity contribution is 5.08. The Morgan fingerprint density at radius 1 is 1.10 bits per heavy atom. The third-order valence-electron chi connectivity index (χ3n) is 4.31. The molecular formula is C17H24N2O2. The molecule has 2 aromatic rings. The van der Waals surface area contributed by atoms with E-state index in [9.17, 15) is 0 Å². The third kappa shape index (κ3) is 3.39. The van der Waals surface area contributed by atoms with Gasteiger partial charge in [-0.1, -0.05) is 6.92 Å². The average molecular weight is 288 g/mol. The fourth-order valence-electron chi connectivity index (χ4n) is 3.13. The van der Waals surface area contributed by atoms with Gasteiger partial charge < -0.3 is 14.2 Å². The molecule has 2 unspecified atom stereocenters. The van der Waals surface area contributed by atoms with Crippen LogP contribution < -0.4 is 5.32 Å². The first-order valence-corrected chi connectivity index (χ1v) is 7.92. The van der Waals surface area contributed by atoms with Gasteiger partial charge in [-0.2, -0.15) is 0 Å². The second kappa shape index (κ2) is 6.96. The van der Waals surface area contributed by atoms with Crippen LogP contribution in [-0.4, -0.2) is 24.5 Å². The van der Waals surface area contributed by atoms with Crippen molar-refractivity contribution < 1.29 is 8.83 Å². The van der Waals surface area contributed by atoms with E-state index < -0.39 is 0 Å². The van der Waals surface area contributed by atoms with Crippen molar-refractivity contribution in [2.45, 2.75) is 38.3 Å². The van der Waals surface area contributed by atoms with Gasteiger partial charge in [0.1, 0.15) is 11.5 Å². The van der Waals surface area contributed by atoms with Crippen LogP contribution in [0.5, 0.6) is 0 Å². The first kappa shape index (κ1) is 14.4. The molecule has 1 N–H and O–H groups in total. The van der Waals surface area contributed by atoms with E-state index in [2.05, 4.69) is 23.2 Å². The van der Waals surface area contributed by atoms with Crippen LogP contribution in [0.3, 0.4) is 0 Å². The molecule has 4 heteroatoms. The molecule has 21 heavy (non-hydrogen) atoms. The second-order valence-corrected chi connectivity index (χ2v) is 5.66. The summed E-state index contributed by atoms with van der Waals surface area (Å²) in [5, 5.41) is 3.64. The van der Waals surface area contributed by atoms with Crippen molar-refractivity contribution >= 4 is 0 Å². The Bertz CT molecular complexity index is 501. The van der Waals surface area contributed by atoms with Crippen molar-refractivity contribution in [3.63, 3.8) is 0 Å². The number of nitrogens with one attached hydrogen (secondary N) is 1. The molecule has 0 aromatic carbocycles. The Morgan fingerprint density at radius 3 is 2.33 bits per heavy atom. The van der Waals surface area contributed by atoms with E-state index in [1.54, 1.807) is 12.5 Å². The van der Waals surface area contributed by atoms with Gasteiger partial charge in [0.2, 0.25) is 0 Å². The molecule has 0 spiro atoms. The Labute approximate surface area is 126 Å². The lowest BCUT2D eigenvalue weighted by molar-refractivity contribution is 0.201. The highest BCUT2D eigenvalue weighted by atomic mass is 16.3. The molecular weight excluding hydrogens is 264 g/mol. The quantitative estimate of drug-likeness (QED) is 0.842. The molecule has 0 saturated carbocycles. The molecule has 3 heterocycles. The van der Waals surface area contributed by atoms with Crippen LogP contribution in [0.15, 0.2) is 45.6 Å². The zero-order valence-corrected chi connectivity index (χ0v) is 12.6. The molecule has 0 amide bonds. The zero-order chi connectivity index (χ0) is 14.5. The van der Waals surface area contributed by atoms with Gasteiger partial charge >= 0.3 is 0 Å². The van der Waals surface area contributed by atoms with Crippen molar-refractivity contribution in [2.24, 2.45) is 0 Å². The molecule has 114 valence electrons.